The lowest BCUT2D eigenvalue weighted by atomic mass is 9.95. The number of thioether (sulfide) groups is 1. The predicted molar refractivity (Wildman–Crippen MR) is 74.5 cm³/mol. The third-order valence-electron chi connectivity index (χ3n) is 3.15. The van der Waals surface area contributed by atoms with E-state index < -0.39 is 0 Å². The Morgan fingerprint density at radius 2 is 2.39 bits per heavy atom. The van der Waals surface area contributed by atoms with Crippen molar-refractivity contribution < 1.29 is 9.53 Å². The largest absolute Gasteiger partial charge is 0.492 e. The minimum atomic E-state index is -0.273. The molecule has 0 bridgehead atoms. The van der Waals surface area contributed by atoms with Crippen molar-refractivity contribution in [2.75, 3.05) is 12.4 Å². The SMILES string of the molecule is CCCOc1cncc(C(=O)C2(C)CCCS2)c1. The number of Topliss-reactive ketones (excluding diaryl/α,β-unsaturated/α-hetero) is 1. The molecule has 0 aliphatic carbocycles. The summed E-state index contributed by atoms with van der Waals surface area (Å²) >= 11 is 1.75. The van der Waals surface area contributed by atoms with E-state index in [0.29, 0.717) is 17.9 Å². The number of carbonyl (C=O) groups is 1. The lowest BCUT2D eigenvalue weighted by Crippen LogP contribution is -2.28. The molecule has 0 spiro atoms. The fourth-order valence-electron chi connectivity index (χ4n) is 2.11. The molecule has 1 aromatic heterocycles. The van der Waals surface area contributed by atoms with Crippen LogP contribution < -0.4 is 4.74 Å². The smallest absolute Gasteiger partial charge is 0.180 e. The number of ketones is 1. The van der Waals surface area contributed by atoms with E-state index in [1.165, 1.54) is 0 Å². The molecule has 1 atom stereocenters. The van der Waals surface area contributed by atoms with Crippen LogP contribution in [0.15, 0.2) is 18.5 Å². The lowest BCUT2D eigenvalue weighted by molar-refractivity contribution is 0.0948. The number of ether oxygens (including phenoxy) is 1. The van der Waals surface area contributed by atoms with Crippen LogP contribution in [0.3, 0.4) is 0 Å². The van der Waals surface area contributed by atoms with Gasteiger partial charge in [0.25, 0.3) is 0 Å². The van der Waals surface area contributed by atoms with E-state index in [4.69, 9.17) is 4.74 Å². The van der Waals surface area contributed by atoms with Crippen LogP contribution in [-0.2, 0) is 0 Å². The summed E-state index contributed by atoms with van der Waals surface area (Å²) in [5.41, 5.74) is 0.667. The Morgan fingerprint density at radius 1 is 1.56 bits per heavy atom. The first-order chi connectivity index (χ1) is 8.65. The lowest BCUT2D eigenvalue weighted by Gasteiger charge is -2.20. The molecule has 0 aromatic carbocycles. The maximum absolute atomic E-state index is 12.5. The maximum Gasteiger partial charge on any atom is 0.180 e. The highest BCUT2D eigenvalue weighted by Gasteiger charge is 2.37. The van der Waals surface area contributed by atoms with Crippen LogP contribution in [0.4, 0.5) is 0 Å². The summed E-state index contributed by atoms with van der Waals surface area (Å²) in [5, 5.41) is 0. The fraction of sp³-hybridized carbons (Fsp3) is 0.571. The summed E-state index contributed by atoms with van der Waals surface area (Å²) < 4.78 is 5.25. The van der Waals surface area contributed by atoms with Crippen LogP contribution in [0.5, 0.6) is 5.75 Å². The van der Waals surface area contributed by atoms with Gasteiger partial charge in [-0.3, -0.25) is 9.78 Å². The van der Waals surface area contributed by atoms with Crippen LogP contribution in [0.2, 0.25) is 0 Å². The Kier molecular flexibility index (Phi) is 4.27. The molecule has 2 heterocycles. The number of rotatable bonds is 5. The molecule has 1 fully saturated rings. The molecule has 0 saturated carbocycles. The van der Waals surface area contributed by atoms with Crippen LogP contribution in [0.1, 0.15) is 43.5 Å². The van der Waals surface area contributed by atoms with Gasteiger partial charge in [-0.1, -0.05) is 6.92 Å². The third kappa shape index (κ3) is 2.86. The number of hydrogen-bond donors (Lipinski definition) is 0. The van der Waals surface area contributed by atoms with Gasteiger partial charge in [-0.05, 0) is 38.0 Å². The van der Waals surface area contributed by atoms with Crippen molar-refractivity contribution in [1.29, 1.82) is 0 Å². The number of nitrogens with zero attached hydrogens (tertiary/aromatic N) is 1. The molecule has 2 rings (SSSR count). The van der Waals surface area contributed by atoms with Crippen molar-refractivity contribution in [3.8, 4) is 5.75 Å². The highest BCUT2D eigenvalue weighted by molar-refractivity contribution is 8.01. The highest BCUT2D eigenvalue weighted by Crippen LogP contribution is 2.40. The van der Waals surface area contributed by atoms with Crippen LogP contribution in [-0.4, -0.2) is 27.9 Å². The van der Waals surface area contributed by atoms with E-state index in [0.717, 1.165) is 25.0 Å². The predicted octanol–water partition coefficient (Wildman–Crippen LogP) is 3.34. The molecule has 0 amide bonds. The van der Waals surface area contributed by atoms with Crippen LogP contribution in [0.25, 0.3) is 0 Å². The van der Waals surface area contributed by atoms with Gasteiger partial charge in [-0.2, -0.15) is 0 Å². The first-order valence-electron chi connectivity index (χ1n) is 6.42. The zero-order valence-electron chi connectivity index (χ0n) is 10.9. The molecule has 3 nitrogen and oxygen atoms in total. The molecule has 4 heteroatoms. The molecule has 0 radical (unpaired) electrons. The van der Waals surface area contributed by atoms with Crippen LogP contribution in [0, 0.1) is 0 Å². The van der Waals surface area contributed by atoms with E-state index >= 15 is 0 Å². The van der Waals surface area contributed by atoms with E-state index in [2.05, 4.69) is 11.9 Å². The van der Waals surface area contributed by atoms with Crippen molar-refractivity contribution in [3.63, 3.8) is 0 Å². The number of carbonyl (C=O) groups excluding carboxylic acids is 1. The maximum atomic E-state index is 12.5. The van der Waals surface area contributed by atoms with E-state index in [1.807, 2.05) is 13.0 Å². The van der Waals surface area contributed by atoms with Crippen molar-refractivity contribution in [2.45, 2.75) is 37.9 Å². The Labute approximate surface area is 112 Å². The minimum Gasteiger partial charge on any atom is -0.492 e. The molecule has 98 valence electrons. The molecule has 1 saturated heterocycles. The zero-order valence-corrected chi connectivity index (χ0v) is 11.8. The molecule has 18 heavy (non-hydrogen) atoms. The van der Waals surface area contributed by atoms with Gasteiger partial charge in [0.2, 0.25) is 0 Å². The van der Waals surface area contributed by atoms with Crippen molar-refractivity contribution in [2.24, 2.45) is 0 Å². The van der Waals surface area contributed by atoms with Crippen LogP contribution >= 0.6 is 11.8 Å². The van der Waals surface area contributed by atoms with Gasteiger partial charge in [-0.15, -0.1) is 11.8 Å². The van der Waals surface area contributed by atoms with E-state index in [9.17, 15) is 4.79 Å². The average Bonchev–Trinajstić information content (AvgIpc) is 2.84. The minimum absolute atomic E-state index is 0.180. The van der Waals surface area contributed by atoms with Crippen molar-refractivity contribution in [3.05, 3.63) is 24.0 Å². The molecule has 0 N–H and O–H groups in total. The van der Waals surface area contributed by atoms with Gasteiger partial charge >= 0.3 is 0 Å². The summed E-state index contributed by atoms with van der Waals surface area (Å²) in [6.45, 7) is 4.75. The Hall–Kier alpha value is -1.03. The normalized spacial score (nSPS) is 23.0. The fourth-order valence-corrected chi connectivity index (χ4v) is 3.38. The summed E-state index contributed by atoms with van der Waals surface area (Å²) in [6, 6.07) is 1.81. The number of pyridine rings is 1. The first-order valence-corrected chi connectivity index (χ1v) is 7.41. The van der Waals surface area contributed by atoms with Gasteiger partial charge < -0.3 is 4.74 Å². The second kappa shape index (κ2) is 5.74. The number of hydrogen-bond acceptors (Lipinski definition) is 4. The third-order valence-corrected chi connectivity index (χ3v) is 4.67. The van der Waals surface area contributed by atoms with E-state index in [-0.39, 0.29) is 10.5 Å². The average molecular weight is 265 g/mol. The highest BCUT2D eigenvalue weighted by atomic mass is 32.2. The van der Waals surface area contributed by atoms with Gasteiger partial charge in [0, 0.05) is 11.8 Å². The van der Waals surface area contributed by atoms with Gasteiger partial charge in [0.05, 0.1) is 17.6 Å². The second-order valence-electron chi connectivity index (χ2n) is 4.77. The Morgan fingerprint density at radius 3 is 3.06 bits per heavy atom. The van der Waals surface area contributed by atoms with Gasteiger partial charge in [-0.25, -0.2) is 0 Å². The van der Waals surface area contributed by atoms with E-state index in [1.54, 1.807) is 24.2 Å². The van der Waals surface area contributed by atoms with Crippen molar-refractivity contribution >= 4 is 17.5 Å². The molecule has 1 unspecified atom stereocenters. The Bertz CT molecular complexity index is 428. The molecular weight excluding hydrogens is 246 g/mol. The molecule has 1 aliphatic heterocycles. The summed E-state index contributed by atoms with van der Waals surface area (Å²) in [6.07, 6.45) is 6.33. The topological polar surface area (TPSA) is 39.2 Å². The molecule has 1 aliphatic rings. The Balaban J connectivity index is 2.15. The first kappa shape index (κ1) is 13.4. The summed E-state index contributed by atoms with van der Waals surface area (Å²) in [7, 11) is 0. The quantitative estimate of drug-likeness (QED) is 0.765. The van der Waals surface area contributed by atoms with Gasteiger partial charge in [0.1, 0.15) is 5.75 Å². The molecular formula is C14H19NO2S. The second-order valence-corrected chi connectivity index (χ2v) is 6.37. The molecule has 1 aromatic rings. The van der Waals surface area contributed by atoms with Gasteiger partial charge in [0.15, 0.2) is 5.78 Å². The summed E-state index contributed by atoms with van der Waals surface area (Å²) in [5.74, 6) is 1.94. The standard InChI is InChI=1S/C14H19NO2S/c1-3-6-17-12-8-11(9-15-10-12)13(16)14(2)5-4-7-18-14/h8-10H,3-7H2,1-2H3. The zero-order chi connectivity index (χ0) is 13.0. The monoisotopic (exact) mass is 265 g/mol. The summed E-state index contributed by atoms with van der Waals surface area (Å²) in [4.78, 5) is 16.6. The number of aromatic nitrogens is 1. The van der Waals surface area contributed by atoms with Crippen molar-refractivity contribution in [1.82, 2.24) is 4.98 Å².